The number of nitrogens with zero attached hydrogens (tertiary/aromatic N) is 1. The standard InChI is InChI=1S/C20H21FN2O3/c1-25-19-13-15(14-22)8-9-18(19)26-12-4-7-20(24)23-11-10-16-5-2-3-6-17(16)21/h2-3,5-6,8-9,13H,4,7,10-12H2,1H3,(H,23,24). The zero-order chi connectivity index (χ0) is 18.8. The number of hydrogen-bond donors (Lipinski definition) is 1. The zero-order valence-corrected chi connectivity index (χ0v) is 14.6. The van der Waals surface area contributed by atoms with E-state index in [1.165, 1.54) is 13.2 Å². The fourth-order valence-corrected chi connectivity index (χ4v) is 2.40. The molecule has 0 unspecified atom stereocenters. The maximum atomic E-state index is 13.5. The lowest BCUT2D eigenvalue weighted by Gasteiger charge is -2.11. The summed E-state index contributed by atoms with van der Waals surface area (Å²) in [6.07, 6.45) is 1.31. The monoisotopic (exact) mass is 356 g/mol. The van der Waals surface area contributed by atoms with Crippen LogP contribution in [0.1, 0.15) is 24.0 Å². The number of rotatable bonds is 9. The van der Waals surface area contributed by atoms with Crippen molar-refractivity contribution in [3.63, 3.8) is 0 Å². The summed E-state index contributed by atoms with van der Waals surface area (Å²) in [6.45, 7) is 0.743. The molecule has 2 rings (SSSR count). The van der Waals surface area contributed by atoms with Crippen LogP contribution in [0.3, 0.4) is 0 Å². The quantitative estimate of drug-likeness (QED) is 0.700. The van der Waals surface area contributed by atoms with E-state index in [2.05, 4.69) is 5.32 Å². The van der Waals surface area contributed by atoms with Crippen LogP contribution in [-0.4, -0.2) is 26.2 Å². The third-order valence-corrected chi connectivity index (χ3v) is 3.77. The molecule has 1 amide bonds. The van der Waals surface area contributed by atoms with Gasteiger partial charge in [0.05, 0.1) is 25.3 Å². The molecule has 0 bridgehead atoms. The Hall–Kier alpha value is -3.07. The summed E-state index contributed by atoms with van der Waals surface area (Å²) in [6, 6.07) is 13.5. The van der Waals surface area contributed by atoms with E-state index in [-0.39, 0.29) is 11.7 Å². The van der Waals surface area contributed by atoms with E-state index in [1.54, 1.807) is 36.4 Å². The summed E-state index contributed by atoms with van der Waals surface area (Å²) < 4.78 is 24.3. The Bertz CT molecular complexity index is 787. The average molecular weight is 356 g/mol. The lowest BCUT2D eigenvalue weighted by molar-refractivity contribution is -0.121. The fraction of sp³-hybridized carbons (Fsp3) is 0.300. The summed E-state index contributed by atoms with van der Waals surface area (Å²) in [5, 5.41) is 11.6. The second-order valence-corrected chi connectivity index (χ2v) is 5.62. The summed E-state index contributed by atoms with van der Waals surface area (Å²) >= 11 is 0. The summed E-state index contributed by atoms with van der Waals surface area (Å²) in [5.41, 5.74) is 1.08. The Labute approximate surface area is 152 Å². The number of benzene rings is 2. The Morgan fingerprint density at radius 2 is 2.04 bits per heavy atom. The molecule has 0 heterocycles. The average Bonchev–Trinajstić information content (AvgIpc) is 2.66. The molecule has 0 aliphatic carbocycles. The molecular formula is C20H21FN2O3. The zero-order valence-electron chi connectivity index (χ0n) is 14.6. The Kier molecular flexibility index (Phi) is 7.44. The summed E-state index contributed by atoms with van der Waals surface area (Å²) in [7, 11) is 1.51. The largest absolute Gasteiger partial charge is 0.493 e. The number of halogens is 1. The third-order valence-electron chi connectivity index (χ3n) is 3.77. The molecule has 0 aromatic heterocycles. The van der Waals surface area contributed by atoms with Crippen molar-refractivity contribution in [3.8, 4) is 17.6 Å². The van der Waals surface area contributed by atoms with Crippen LogP contribution < -0.4 is 14.8 Å². The molecule has 26 heavy (non-hydrogen) atoms. The van der Waals surface area contributed by atoms with Crippen molar-refractivity contribution in [2.75, 3.05) is 20.3 Å². The number of ether oxygens (including phenoxy) is 2. The van der Waals surface area contributed by atoms with Crippen molar-refractivity contribution < 1.29 is 18.7 Å². The highest BCUT2D eigenvalue weighted by atomic mass is 19.1. The predicted octanol–water partition coefficient (Wildman–Crippen LogP) is 3.22. The molecule has 136 valence electrons. The van der Waals surface area contributed by atoms with Crippen LogP contribution >= 0.6 is 0 Å². The molecule has 0 saturated carbocycles. The van der Waals surface area contributed by atoms with Gasteiger partial charge in [-0.1, -0.05) is 18.2 Å². The molecule has 2 aromatic carbocycles. The fourth-order valence-electron chi connectivity index (χ4n) is 2.40. The van der Waals surface area contributed by atoms with Gasteiger partial charge in [0.1, 0.15) is 5.82 Å². The van der Waals surface area contributed by atoms with Crippen molar-refractivity contribution in [3.05, 3.63) is 59.4 Å². The van der Waals surface area contributed by atoms with Crippen LogP contribution in [0.25, 0.3) is 0 Å². The van der Waals surface area contributed by atoms with E-state index < -0.39 is 0 Å². The first-order valence-corrected chi connectivity index (χ1v) is 8.35. The lowest BCUT2D eigenvalue weighted by atomic mass is 10.1. The van der Waals surface area contributed by atoms with Crippen LogP contribution in [0, 0.1) is 17.1 Å². The van der Waals surface area contributed by atoms with E-state index in [0.717, 1.165) is 0 Å². The topological polar surface area (TPSA) is 71.3 Å². The van der Waals surface area contributed by atoms with Gasteiger partial charge in [0.2, 0.25) is 5.91 Å². The van der Waals surface area contributed by atoms with Gasteiger partial charge in [0.15, 0.2) is 11.5 Å². The summed E-state index contributed by atoms with van der Waals surface area (Å²) in [4.78, 5) is 11.8. The maximum Gasteiger partial charge on any atom is 0.220 e. The van der Waals surface area contributed by atoms with Gasteiger partial charge in [-0.15, -0.1) is 0 Å². The van der Waals surface area contributed by atoms with E-state index in [9.17, 15) is 9.18 Å². The van der Waals surface area contributed by atoms with Crippen molar-refractivity contribution in [1.82, 2.24) is 5.32 Å². The lowest BCUT2D eigenvalue weighted by Crippen LogP contribution is -2.26. The van der Waals surface area contributed by atoms with Crippen LogP contribution in [0.5, 0.6) is 11.5 Å². The normalized spacial score (nSPS) is 10.0. The maximum absolute atomic E-state index is 13.5. The smallest absolute Gasteiger partial charge is 0.220 e. The molecular weight excluding hydrogens is 335 g/mol. The number of carbonyl (C=O) groups excluding carboxylic acids is 1. The molecule has 0 saturated heterocycles. The number of nitrogens with one attached hydrogen (secondary N) is 1. The van der Waals surface area contributed by atoms with Gasteiger partial charge in [0.25, 0.3) is 0 Å². The second-order valence-electron chi connectivity index (χ2n) is 5.62. The minimum Gasteiger partial charge on any atom is -0.493 e. The first-order chi connectivity index (χ1) is 12.6. The minimum atomic E-state index is -0.258. The van der Waals surface area contributed by atoms with E-state index >= 15 is 0 Å². The third kappa shape index (κ3) is 5.78. The van der Waals surface area contributed by atoms with Crippen molar-refractivity contribution in [1.29, 1.82) is 5.26 Å². The molecule has 2 aromatic rings. The highest BCUT2D eigenvalue weighted by molar-refractivity contribution is 5.75. The van der Waals surface area contributed by atoms with Crippen LogP contribution in [0.4, 0.5) is 4.39 Å². The molecule has 0 atom stereocenters. The molecule has 0 aliphatic rings. The number of methoxy groups -OCH3 is 1. The Morgan fingerprint density at radius 3 is 2.77 bits per heavy atom. The Morgan fingerprint density at radius 1 is 1.23 bits per heavy atom. The minimum absolute atomic E-state index is 0.100. The van der Waals surface area contributed by atoms with Gasteiger partial charge in [-0.3, -0.25) is 4.79 Å². The van der Waals surface area contributed by atoms with E-state index in [0.29, 0.717) is 55.0 Å². The second kappa shape index (κ2) is 10.0. The van der Waals surface area contributed by atoms with Gasteiger partial charge in [-0.05, 0) is 36.6 Å². The molecule has 0 aliphatic heterocycles. The SMILES string of the molecule is COc1cc(C#N)ccc1OCCCC(=O)NCCc1ccccc1F. The van der Waals surface area contributed by atoms with Crippen molar-refractivity contribution in [2.24, 2.45) is 0 Å². The molecule has 6 heteroatoms. The highest BCUT2D eigenvalue weighted by Crippen LogP contribution is 2.27. The first-order valence-electron chi connectivity index (χ1n) is 8.35. The predicted molar refractivity (Wildman–Crippen MR) is 95.6 cm³/mol. The van der Waals surface area contributed by atoms with E-state index in [1.807, 2.05) is 6.07 Å². The van der Waals surface area contributed by atoms with Gasteiger partial charge in [0, 0.05) is 19.0 Å². The van der Waals surface area contributed by atoms with Crippen molar-refractivity contribution >= 4 is 5.91 Å². The van der Waals surface area contributed by atoms with E-state index in [4.69, 9.17) is 14.7 Å². The van der Waals surface area contributed by atoms with Gasteiger partial charge >= 0.3 is 0 Å². The summed E-state index contributed by atoms with van der Waals surface area (Å²) in [5.74, 6) is 0.660. The van der Waals surface area contributed by atoms with Gasteiger partial charge in [-0.25, -0.2) is 4.39 Å². The molecule has 0 spiro atoms. The van der Waals surface area contributed by atoms with Crippen LogP contribution in [-0.2, 0) is 11.2 Å². The van der Waals surface area contributed by atoms with Crippen LogP contribution in [0.15, 0.2) is 42.5 Å². The number of amides is 1. The molecule has 1 N–H and O–H groups in total. The Balaban J connectivity index is 1.67. The van der Waals surface area contributed by atoms with Gasteiger partial charge < -0.3 is 14.8 Å². The first kappa shape index (κ1) is 19.3. The number of nitriles is 1. The number of hydrogen-bond acceptors (Lipinski definition) is 4. The molecule has 0 radical (unpaired) electrons. The van der Waals surface area contributed by atoms with Crippen molar-refractivity contribution in [2.45, 2.75) is 19.3 Å². The van der Waals surface area contributed by atoms with Crippen LogP contribution in [0.2, 0.25) is 0 Å². The molecule has 0 fully saturated rings. The number of carbonyl (C=O) groups is 1. The highest BCUT2D eigenvalue weighted by Gasteiger charge is 2.07. The molecule has 5 nitrogen and oxygen atoms in total. The van der Waals surface area contributed by atoms with Gasteiger partial charge in [-0.2, -0.15) is 5.26 Å².